The second-order valence-corrected chi connectivity index (χ2v) is 5.47. The number of methoxy groups -OCH3 is 1. The maximum Gasteiger partial charge on any atom is 0.119 e. The molecule has 0 aliphatic carbocycles. The molecule has 0 amide bonds. The van der Waals surface area contributed by atoms with E-state index in [1.54, 1.807) is 7.11 Å². The van der Waals surface area contributed by atoms with Gasteiger partial charge in [-0.25, -0.2) is 0 Å². The Hall–Kier alpha value is -1.26. The van der Waals surface area contributed by atoms with Crippen molar-refractivity contribution in [3.05, 3.63) is 23.8 Å². The molecule has 2 rings (SSSR count). The first-order valence-electron chi connectivity index (χ1n) is 6.99. The molecule has 0 radical (unpaired) electrons. The van der Waals surface area contributed by atoms with E-state index in [0.29, 0.717) is 6.04 Å². The molecule has 19 heavy (non-hydrogen) atoms. The van der Waals surface area contributed by atoms with Crippen molar-refractivity contribution >= 4 is 5.69 Å². The molecule has 4 nitrogen and oxygen atoms in total. The molecule has 0 atom stereocenters. The second kappa shape index (κ2) is 6.26. The van der Waals surface area contributed by atoms with E-state index >= 15 is 0 Å². The third-order valence-corrected chi connectivity index (χ3v) is 3.88. The monoisotopic (exact) mass is 263 g/mol. The zero-order chi connectivity index (χ0) is 13.8. The Morgan fingerprint density at radius 3 is 2.47 bits per heavy atom. The van der Waals surface area contributed by atoms with Crippen LogP contribution in [0.15, 0.2) is 18.2 Å². The molecular weight excluding hydrogens is 238 g/mol. The number of rotatable bonds is 4. The molecule has 1 aromatic rings. The molecular formula is C15H25N3O. The van der Waals surface area contributed by atoms with Gasteiger partial charge in [0, 0.05) is 44.5 Å². The van der Waals surface area contributed by atoms with Crippen LogP contribution in [0.1, 0.15) is 19.4 Å². The van der Waals surface area contributed by atoms with Crippen molar-refractivity contribution in [2.45, 2.75) is 26.4 Å². The van der Waals surface area contributed by atoms with Crippen LogP contribution in [0.5, 0.6) is 5.75 Å². The van der Waals surface area contributed by atoms with Gasteiger partial charge in [-0.05, 0) is 37.6 Å². The van der Waals surface area contributed by atoms with E-state index in [-0.39, 0.29) is 0 Å². The third kappa shape index (κ3) is 3.61. The number of hydrogen-bond donors (Lipinski definition) is 1. The van der Waals surface area contributed by atoms with Crippen LogP contribution in [0.25, 0.3) is 0 Å². The lowest BCUT2D eigenvalue weighted by Gasteiger charge is -2.37. The SMILES string of the molecule is COc1ccc(N)c(CN2CCN(C(C)C)CC2)c1. The highest BCUT2D eigenvalue weighted by Gasteiger charge is 2.19. The third-order valence-electron chi connectivity index (χ3n) is 3.88. The minimum Gasteiger partial charge on any atom is -0.497 e. The molecule has 1 fully saturated rings. The molecule has 0 spiro atoms. The summed E-state index contributed by atoms with van der Waals surface area (Å²) in [4.78, 5) is 4.98. The Morgan fingerprint density at radius 1 is 1.21 bits per heavy atom. The van der Waals surface area contributed by atoms with Gasteiger partial charge in [-0.1, -0.05) is 0 Å². The van der Waals surface area contributed by atoms with E-state index < -0.39 is 0 Å². The van der Waals surface area contributed by atoms with Gasteiger partial charge < -0.3 is 10.5 Å². The number of nitrogen functional groups attached to an aromatic ring is 1. The fourth-order valence-corrected chi connectivity index (χ4v) is 2.52. The Labute approximate surface area is 116 Å². The summed E-state index contributed by atoms with van der Waals surface area (Å²) in [5.74, 6) is 0.880. The Kier molecular flexibility index (Phi) is 4.66. The van der Waals surface area contributed by atoms with Gasteiger partial charge in [0.05, 0.1) is 7.11 Å². The number of benzene rings is 1. The first kappa shape index (κ1) is 14.2. The zero-order valence-corrected chi connectivity index (χ0v) is 12.2. The van der Waals surface area contributed by atoms with E-state index in [1.165, 1.54) is 0 Å². The number of nitrogens with zero attached hydrogens (tertiary/aromatic N) is 2. The number of ether oxygens (including phenoxy) is 1. The molecule has 0 aromatic heterocycles. The molecule has 4 heteroatoms. The van der Waals surface area contributed by atoms with Crippen molar-refractivity contribution in [1.82, 2.24) is 9.80 Å². The Morgan fingerprint density at radius 2 is 1.89 bits per heavy atom. The highest BCUT2D eigenvalue weighted by Crippen LogP contribution is 2.21. The Bertz CT molecular complexity index is 412. The van der Waals surface area contributed by atoms with Crippen LogP contribution in [-0.2, 0) is 6.54 Å². The lowest BCUT2D eigenvalue weighted by molar-refractivity contribution is 0.104. The molecule has 1 aliphatic heterocycles. The van der Waals surface area contributed by atoms with Gasteiger partial charge in [-0.2, -0.15) is 0 Å². The maximum atomic E-state index is 6.04. The van der Waals surface area contributed by atoms with E-state index in [4.69, 9.17) is 10.5 Å². The average Bonchev–Trinajstić information content (AvgIpc) is 2.42. The Balaban J connectivity index is 1.95. The van der Waals surface area contributed by atoms with Gasteiger partial charge >= 0.3 is 0 Å². The lowest BCUT2D eigenvalue weighted by atomic mass is 10.1. The quantitative estimate of drug-likeness (QED) is 0.841. The van der Waals surface area contributed by atoms with Gasteiger partial charge in [0.1, 0.15) is 5.75 Å². The van der Waals surface area contributed by atoms with Gasteiger partial charge in [-0.3, -0.25) is 9.80 Å². The number of nitrogens with two attached hydrogens (primary N) is 1. The van der Waals surface area contributed by atoms with Crippen molar-refractivity contribution in [1.29, 1.82) is 0 Å². The molecule has 0 saturated carbocycles. The van der Waals surface area contributed by atoms with Gasteiger partial charge in [0.2, 0.25) is 0 Å². The smallest absolute Gasteiger partial charge is 0.119 e. The van der Waals surface area contributed by atoms with Crippen molar-refractivity contribution in [3.63, 3.8) is 0 Å². The minimum absolute atomic E-state index is 0.643. The summed E-state index contributed by atoms with van der Waals surface area (Å²) in [6, 6.07) is 6.53. The van der Waals surface area contributed by atoms with Gasteiger partial charge in [-0.15, -0.1) is 0 Å². The van der Waals surface area contributed by atoms with Crippen LogP contribution in [-0.4, -0.2) is 49.1 Å². The summed E-state index contributed by atoms with van der Waals surface area (Å²) in [6.45, 7) is 9.92. The van der Waals surface area contributed by atoms with Crippen LogP contribution in [0.4, 0.5) is 5.69 Å². The predicted molar refractivity (Wildman–Crippen MR) is 79.4 cm³/mol. The molecule has 1 heterocycles. The summed E-state index contributed by atoms with van der Waals surface area (Å²) in [5.41, 5.74) is 8.06. The van der Waals surface area contributed by atoms with E-state index in [9.17, 15) is 0 Å². The first-order valence-corrected chi connectivity index (χ1v) is 6.99. The van der Waals surface area contributed by atoms with Crippen molar-refractivity contribution in [3.8, 4) is 5.75 Å². The summed E-state index contributed by atoms with van der Waals surface area (Å²) >= 11 is 0. The van der Waals surface area contributed by atoms with E-state index in [2.05, 4.69) is 23.6 Å². The van der Waals surface area contributed by atoms with E-state index in [0.717, 1.165) is 49.7 Å². The van der Waals surface area contributed by atoms with Crippen LogP contribution < -0.4 is 10.5 Å². The van der Waals surface area contributed by atoms with Gasteiger partial charge in [0.15, 0.2) is 0 Å². The summed E-state index contributed by atoms with van der Waals surface area (Å²) in [6.07, 6.45) is 0. The summed E-state index contributed by atoms with van der Waals surface area (Å²) in [5, 5.41) is 0. The van der Waals surface area contributed by atoms with Crippen LogP contribution >= 0.6 is 0 Å². The zero-order valence-electron chi connectivity index (χ0n) is 12.2. The molecule has 1 saturated heterocycles. The van der Waals surface area contributed by atoms with Crippen molar-refractivity contribution < 1.29 is 4.74 Å². The fourth-order valence-electron chi connectivity index (χ4n) is 2.52. The number of piperazine rings is 1. The first-order chi connectivity index (χ1) is 9.10. The average molecular weight is 263 g/mol. The van der Waals surface area contributed by atoms with Crippen molar-refractivity contribution in [2.24, 2.45) is 0 Å². The summed E-state index contributed by atoms with van der Waals surface area (Å²) < 4.78 is 5.27. The molecule has 0 unspecified atom stereocenters. The topological polar surface area (TPSA) is 41.7 Å². The van der Waals surface area contributed by atoms with Gasteiger partial charge in [0.25, 0.3) is 0 Å². The van der Waals surface area contributed by atoms with Crippen molar-refractivity contribution in [2.75, 3.05) is 39.0 Å². The number of hydrogen-bond acceptors (Lipinski definition) is 4. The van der Waals surface area contributed by atoms with Crippen LogP contribution in [0.2, 0.25) is 0 Å². The van der Waals surface area contributed by atoms with E-state index in [1.807, 2.05) is 18.2 Å². The highest BCUT2D eigenvalue weighted by molar-refractivity contribution is 5.50. The molecule has 2 N–H and O–H groups in total. The molecule has 0 bridgehead atoms. The second-order valence-electron chi connectivity index (χ2n) is 5.47. The van der Waals surface area contributed by atoms with Crippen LogP contribution in [0, 0.1) is 0 Å². The normalized spacial score (nSPS) is 17.9. The molecule has 1 aromatic carbocycles. The highest BCUT2D eigenvalue weighted by atomic mass is 16.5. The summed E-state index contributed by atoms with van der Waals surface area (Å²) in [7, 11) is 1.69. The number of anilines is 1. The maximum absolute atomic E-state index is 6.04. The lowest BCUT2D eigenvalue weighted by Crippen LogP contribution is -2.48. The van der Waals surface area contributed by atoms with Crippen LogP contribution in [0.3, 0.4) is 0 Å². The largest absolute Gasteiger partial charge is 0.497 e. The predicted octanol–water partition coefficient (Wildman–Crippen LogP) is 1.80. The molecule has 1 aliphatic rings. The fraction of sp³-hybridized carbons (Fsp3) is 0.600. The molecule has 106 valence electrons. The standard InChI is InChI=1S/C15H25N3O/c1-12(2)18-8-6-17(7-9-18)11-13-10-14(19-3)4-5-15(13)16/h4-5,10,12H,6-9,11,16H2,1-3H3. The minimum atomic E-state index is 0.643.